The van der Waals surface area contributed by atoms with Crippen molar-refractivity contribution in [3.05, 3.63) is 83.2 Å². The van der Waals surface area contributed by atoms with E-state index in [-0.39, 0.29) is 0 Å². The topological polar surface area (TPSA) is 44.2 Å². The van der Waals surface area contributed by atoms with Crippen molar-refractivity contribution in [2.75, 3.05) is 13.2 Å². The Morgan fingerprint density at radius 1 is 0.567 bits per heavy atom. The van der Waals surface area contributed by atoms with E-state index in [2.05, 4.69) is 47.7 Å². The summed E-state index contributed by atoms with van der Waals surface area (Å²) in [5.74, 6) is 13.9. The van der Waals surface area contributed by atoms with Crippen LogP contribution < -0.4 is 9.47 Å². The van der Waals surface area contributed by atoms with Gasteiger partial charge in [-0.2, -0.15) is 0 Å². The lowest BCUT2D eigenvalue weighted by Gasteiger charge is -2.03. The third-order valence-corrected chi connectivity index (χ3v) is 3.99. The third-order valence-electron chi connectivity index (χ3n) is 3.99. The first-order valence-electron chi connectivity index (χ1n) is 10.1. The molecule has 0 amide bonds. The van der Waals surface area contributed by atoms with E-state index in [0.29, 0.717) is 24.6 Å². The Balaban J connectivity index is 1.59. The molecule has 1 heterocycles. The molecule has 150 valence electrons. The average molecular weight is 396 g/mol. The smallest absolute Gasteiger partial charge is 0.136 e. The molecule has 0 spiro atoms. The van der Waals surface area contributed by atoms with Crippen LogP contribution in [0.25, 0.3) is 0 Å². The zero-order valence-corrected chi connectivity index (χ0v) is 17.3. The average Bonchev–Trinajstić information content (AvgIpc) is 2.80. The van der Waals surface area contributed by atoms with Gasteiger partial charge in [0.1, 0.15) is 22.9 Å². The Hall–Kier alpha value is -3.76. The van der Waals surface area contributed by atoms with Crippen LogP contribution in [-0.4, -0.2) is 23.4 Å². The zero-order chi connectivity index (χ0) is 21.0. The van der Waals surface area contributed by atoms with Gasteiger partial charge in [0.15, 0.2) is 0 Å². The molecule has 0 aliphatic rings. The highest BCUT2D eigenvalue weighted by molar-refractivity contribution is 5.44. The summed E-state index contributed by atoms with van der Waals surface area (Å²) in [6.45, 7) is 5.60. The molecule has 4 heteroatoms. The van der Waals surface area contributed by atoms with E-state index in [0.717, 1.165) is 35.5 Å². The molecule has 3 rings (SSSR count). The summed E-state index contributed by atoms with van der Waals surface area (Å²) in [5, 5.41) is 8.28. The molecule has 0 radical (unpaired) electrons. The van der Waals surface area contributed by atoms with Gasteiger partial charge in [-0.1, -0.05) is 25.7 Å². The van der Waals surface area contributed by atoms with Gasteiger partial charge in [0.05, 0.1) is 13.2 Å². The molecule has 3 aromatic rings. The van der Waals surface area contributed by atoms with Crippen molar-refractivity contribution in [3.63, 3.8) is 0 Å². The molecule has 4 nitrogen and oxygen atoms in total. The number of benzene rings is 2. The maximum Gasteiger partial charge on any atom is 0.136 e. The van der Waals surface area contributed by atoms with Gasteiger partial charge in [-0.15, -0.1) is 10.2 Å². The predicted octanol–water partition coefficient (Wildman–Crippen LogP) is 4.85. The van der Waals surface area contributed by atoms with Crippen molar-refractivity contribution in [3.8, 4) is 35.2 Å². The van der Waals surface area contributed by atoms with E-state index < -0.39 is 0 Å². The molecule has 2 aromatic carbocycles. The van der Waals surface area contributed by atoms with Gasteiger partial charge in [0.2, 0.25) is 0 Å². The molecule has 0 bridgehead atoms. The third kappa shape index (κ3) is 6.69. The zero-order valence-electron chi connectivity index (χ0n) is 17.3. The quantitative estimate of drug-likeness (QED) is 0.559. The van der Waals surface area contributed by atoms with Crippen molar-refractivity contribution in [1.82, 2.24) is 10.2 Å². The first-order valence-corrected chi connectivity index (χ1v) is 10.1. The van der Waals surface area contributed by atoms with E-state index in [4.69, 9.17) is 9.47 Å². The first kappa shape index (κ1) is 21.0. The second-order valence-electron chi connectivity index (χ2n) is 6.55. The lowest BCUT2D eigenvalue weighted by molar-refractivity contribution is 0.317. The second-order valence-corrected chi connectivity index (χ2v) is 6.55. The van der Waals surface area contributed by atoms with Gasteiger partial charge in [-0.25, -0.2) is 0 Å². The Kier molecular flexibility index (Phi) is 7.89. The highest BCUT2D eigenvalue weighted by Gasteiger charge is 1.96. The molecule has 0 aliphatic heterocycles. The summed E-state index contributed by atoms with van der Waals surface area (Å²) >= 11 is 0. The lowest BCUT2D eigenvalue weighted by atomic mass is 10.2. The minimum absolute atomic E-state index is 0.601. The van der Waals surface area contributed by atoms with Gasteiger partial charge in [0, 0.05) is 11.1 Å². The molecular weight excluding hydrogens is 372 g/mol. The highest BCUT2D eigenvalue weighted by atomic mass is 16.5. The van der Waals surface area contributed by atoms with Crippen molar-refractivity contribution >= 4 is 0 Å². The summed E-state index contributed by atoms with van der Waals surface area (Å²) in [7, 11) is 0. The summed E-state index contributed by atoms with van der Waals surface area (Å²) in [5.41, 5.74) is 3.00. The van der Waals surface area contributed by atoms with Crippen LogP contribution in [0.4, 0.5) is 0 Å². The van der Waals surface area contributed by atoms with E-state index in [1.165, 1.54) is 0 Å². The van der Waals surface area contributed by atoms with Gasteiger partial charge >= 0.3 is 0 Å². The van der Waals surface area contributed by atoms with E-state index >= 15 is 0 Å². The molecular formula is C26H24N2O2. The molecule has 1 aromatic heterocycles. The maximum absolute atomic E-state index is 5.57. The van der Waals surface area contributed by atoms with Crippen LogP contribution in [0, 0.1) is 23.7 Å². The largest absolute Gasteiger partial charge is 0.494 e. The number of rotatable bonds is 6. The van der Waals surface area contributed by atoms with Crippen LogP contribution in [0.5, 0.6) is 11.5 Å². The first-order chi connectivity index (χ1) is 14.8. The van der Waals surface area contributed by atoms with Crippen LogP contribution in [0.2, 0.25) is 0 Å². The van der Waals surface area contributed by atoms with Gasteiger partial charge in [-0.05, 0) is 85.3 Å². The van der Waals surface area contributed by atoms with Crippen molar-refractivity contribution in [1.29, 1.82) is 0 Å². The number of nitrogens with zero attached hydrogens (tertiary/aromatic N) is 2. The molecule has 30 heavy (non-hydrogen) atoms. The SMILES string of the molecule is CCCOc1ccc(C#Cc2ccc(C#Cc3ccc(OCCC)cc3)nn2)cc1. The van der Waals surface area contributed by atoms with Crippen LogP contribution in [0.3, 0.4) is 0 Å². The molecule has 0 saturated heterocycles. The summed E-state index contributed by atoms with van der Waals surface area (Å²) in [6, 6.07) is 19.1. The van der Waals surface area contributed by atoms with Gasteiger partial charge in [-0.3, -0.25) is 0 Å². The monoisotopic (exact) mass is 396 g/mol. The standard InChI is InChI=1S/C26H24N2O2/c1-3-19-29-25-15-7-21(8-16-25)5-11-23-13-14-24(28-27-23)12-6-22-9-17-26(18-10-22)30-20-4-2/h7-10,13-18H,3-4,19-20H2,1-2H3. The fourth-order valence-corrected chi connectivity index (χ4v) is 2.45. The van der Waals surface area contributed by atoms with E-state index in [9.17, 15) is 0 Å². The van der Waals surface area contributed by atoms with Crippen molar-refractivity contribution in [2.24, 2.45) is 0 Å². The number of hydrogen-bond acceptors (Lipinski definition) is 4. The summed E-state index contributed by atoms with van der Waals surface area (Å²) < 4.78 is 11.1. The molecule has 0 atom stereocenters. The Morgan fingerprint density at radius 2 is 0.967 bits per heavy atom. The summed E-state index contributed by atoms with van der Waals surface area (Å²) in [4.78, 5) is 0. The fraction of sp³-hybridized carbons (Fsp3) is 0.231. The Bertz CT molecular complexity index is 960. The Morgan fingerprint density at radius 3 is 1.30 bits per heavy atom. The van der Waals surface area contributed by atoms with Crippen LogP contribution in [-0.2, 0) is 0 Å². The van der Waals surface area contributed by atoms with Crippen LogP contribution >= 0.6 is 0 Å². The minimum atomic E-state index is 0.601. The van der Waals surface area contributed by atoms with Gasteiger partial charge < -0.3 is 9.47 Å². The summed E-state index contributed by atoms with van der Waals surface area (Å²) in [6.07, 6.45) is 1.97. The minimum Gasteiger partial charge on any atom is -0.494 e. The molecule has 0 unspecified atom stereocenters. The van der Waals surface area contributed by atoms with Crippen molar-refractivity contribution < 1.29 is 9.47 Å². The van der Waals surface area contributed by atoms with Gasteiger partial charge in [0.25, 0.3) is 0 Å². The number of ether oxygens (including phenoxy) is 2. The fourth-order valence-electron chi connectivity index (χ4n) is 2.45. The molecule has 0 N–H and O–H groups in total. The molecule has 0 fully saturated rings. The lowest BCUT2D eigenvalue weighted by Crippen LogP contribution is -1.94. The normalized spacial score (nSPS) is 9.67. The van der Waals surface area contributed by atoms with Crippen molar-refractivity contribution in [2.45, 2.75) is 26.7 Å². The van der Waals surface area contributed by atoms with Crippen LogP contribution in [0.15, 0.2) is 60.7 Å². The molecule has 0 aliphatic carbocycles. The van der Waals surface area contributed by atoms with E-state index in [1.807, 2.05) is 60.7 Å². The second kappa shape index (κ2) is 11.3. The number of aromatic nitrogens is 2. The van der Waals surface area contributed by atoms with E-state index in [1.54, 1.807) is 0 Å². The highest BCUT2D eigenvalue weighted by Crippen LogP contribution is 2.13. The predicted molar refractivity (Wildman–Crippen MR) is 118 cm³/mol. The number of hydrogen-bond donors (Lipinski definition) is 0. The maximum atomic E-state index is 5.57. The Labute approximate surface area is 178 Å². The molecule has 0 saturated carbocycles. The van der Waals surface area contributed by atoms with Crippen LogP contribution in [0.1, 0.15) is 49.2 Å².